The van der Waals surface area contributed by atoms with Gasteiger partial charge in [0.05, 0.1) is 16.3 Å². The predicted molar refractivity (Wildman–Crippen MR) is 158 cm³/mol. The Kier molecular flexibility index (Phi) is 7.23. The highest BCUT2D eigenvalue weighted by atomic mass is 32.1. The number of pyridine rings is 1. The van der Waals surface area contributed by atoms with Crippen molar-refractivity contribution < 1.29 is 18.8 Å². The molecule has 1 fully saturated rings. The summed E-state index contributed by atoms with van der Waals surface area (Å²) < 4.78 is 14.3. The molecular weight excluding hydrogens is 541 g/mol. The van der Waals surface area contributed by atoms with Crippen molar-refractivity contribution in [3.63, 3.8) is 0 Å². The van der Waals surface area contributed by atoms with Crippen molar-refractivity contribution >= 4 is 46.3 Å². The van der Waals surface area contributed by atoms with Crippen molar-refractivity contribution in [2.75, 3.05) is 28.6 Å². The lowest BCUT2D eigenvalue weighted by Crippen LogP contribution is -2.44. The summed E-state index contributed by atoms with van der Waals surface area (Å²) in [5, 5.41) is 8.73. The van der Waals surface area contributed by atoms with Crippen LogP contribution < -0.4 is 20.9 Å². The number of rotatable bonds is 5. The fraction of sp³-hybridized carbons (Fsp3) is 0.226. The standard InChI is InChI=1S/C31H28FN5O3S/c1-18-7-4-9-21(32)27(18)36-30(39)25-17-19-14-16-37(24-12-3-2-8-20(24)28(19)41-25)31(40)23-10-5-13-26(35-23)34-22-11-6-15-33-29(22)38/h2-5,7-10,12-13,17,22H,6,11,14-16H2,1H3,(H,33,38)(H,34,35)(H,36,39). The molecule has 0 bridgehead atoms. The molecule has 2 aromatic carbocycles. The minimum atomic E-state index is -0.481. The van der Waals surface area contributed by atoms with Crippen molar-refractivity contribution in [1.29, 1.82) is 0 Å². The summed E-state index contributed by atoms with van der Waals surface area (Å²) >= 11 is 1.33. The number of carbonyl (C=O) groups is 3. The number of piperidine rings is 1. The van der Waals surface area contributed by atoms with Crippen LogP contribution in [0.3, 0.4) is 0 Å². The number of hydrogen-bond acceptors (Lipinski definition) is 6. The molecule has 0 saturated carbocycles. The Hall–Kier alpha value is -4.57. The van der Waals surface area contributed by atoms with Crippen LogP contribution in [0.5, 0.6) is 0 Å². The molecule has 4 heterocycles. The van der Waals surface area contributed by atoms with Gasteiger partial charge in [0, 0.05) is 23.5 Å². The Morgan fingerprint density at radius 3 is 2.76 bits per heavy atom. The van der Waals surface area contributed by atoms with Gasteiger partial charge < -0.3 is 20.9 Å². The number of nitrogens with zero attached hydrogens (tertiary/aromatic N) is 2. The summed E-state index contributed by atoms with van der Waals surface area (Å²) in [6.45, 7) is 2.80. The molecule has 0 spiro atoms. The monoisotopic (exact) mass is 569 g/mol. The number of para-hydroxylation sites is 2. The molecule has 6 rings (SSSR count). The summed E-state index contributed by atoms with van der Waals surface area (Å²) in [5.74, 6) is -0.703. The summed E-state index contributed by atoms with van der Waals surface area (Å²) in [4.78, 5) is 46.7. The van der Waals surface area contributed by atoms with E-state index in [1.807, 2.05) is 30.3 Å². The molecule has 1 saturated heterocycles. The number of anilines is 3. The molecule has 41 heavy (non-hydrogen) atoms. The summed E-state index contributed by atoms with van der Waals surface area (Å²) in [7, 11) is 0. The fourth-order valence-electron chi connectivity index (χ4n) is 5.25. The summed E-state index contributed by atoms with van der Waals surface area (Å²) in [6, 6.07) is 18.9. The van der Waals surface area contributed by atoms with Crippen LogP contribution in [0.2, 0.25) is 0 Å². The Morgan fingerprint density at radius 1 is 1.10 bits per heavy atom. The molecule has 8 nitrogen and oxygen atoms in total. The molecule has 1 atom stereocenters. The van der Waals surface area contributed by atoms with E-state index < -0.39 is 5.82 Å². The summed E-state index contributed by atoms with van der Waals surface area (Å²) in [6.07, 6.45) is 2.11. The number of amides is 3. The molecule has 0 radical (unpaired) electrons. The largest absolute Gasteiger partial charge is 0.358 e. The number of carbonyl (C=O) groups excluding carboxylic acids is 3. The Morgan fingerprint density at radius 2 is 1.93 bits per heavy atom. The molecule has 3 N–H and O–H groups in total. The van der Waals surface area contributed by atoms with E-state index in [1.54, 1.807) is 42.2 Å². The first-order valence-electron chi connectivity index (χ1n) is 13.5. The van der Waals surface area contributed by atoms with Crippen LogP contribution in [-0.4, -0.2) is 41.8 Å². The number of aromatic nitrogens is 1. The van der Waals surface area contributed by atoms with Gasteiger partial charge in [-0.05, 0) is 67.6 Å². The number of benzene rings is 2. The van der Waals surface area contributed by atoms with Crippen LogP contribution in [0.1, 0.15) is 44.1 Å². The van der Waals surface area contributed by atoms with Gasteiger partial charge in [-0.15, -0.1) is 11.3 Å². The SMILES string of the molecule is Cc1cccc(F)c1NC(=O)c1cc2c(s1)-c1ccccc1N(C(=O)c1cccc(NC3CCCNC3=O)n1)CC2. The van der Waals surface area contributed by atoms with Gasteiger partial charge in [0.1, 0.15) is 23.4 Å². The lowest BCUT2D eigenvalue weighted by Gasteiger charge is -2.24. The smallest absolute Gasteiger partial charge is 0.276 e. The van der Waals surface area contributed by atoms with Crippen molar-refractivity contribution in [1.82, 2.24) is 10.3 Å². The highest BCUT2D eigenvalue weighted by Gasteiger charge is 2.29. The van der Waals surface area contributed by atoms with Gasteiger partial charge in [0.2, 0.25) is 5.91 Å². The van der Waals surface area contributed by atoms with E-state index in [4.69, 9.17) is 0 Å². The molecule has 2 aromatic heterocycles. The molecule has 208 valence electrons. The molecule has 2 aliphatic heterocycles. The average molecular weight is 570 g/mol. The van der Waals surface area contributed by atoms with Crippen molar-refractivity contribution in [2.45, 2.75) is 32.2 Å². The third kappa shape index (κ3) is 5.30. The Bertz CT molecular complexity index is 1650. The second kappa shape index (κ2) is 11.1. The molecule has 4 aromatic rings. The zero-order valence-electron chi connectivity index (χ0n) is 22.4. The minimum Gasteiger partial charge on any atom is -0.358 e. The van der Waals surface area contributed by atoms with E-state index in [0.717, 1.165) is 28.1 Å². The van der Waals surface area contributed by atoms with Crippen LogP contribution >= 0.6 is 11.3 Å². The third-order valence-electron chi connectivity index (χ3n) is 7.36. The van der Waals surface area contributed by atoms with Gasteiger partial charge >= 0.3 is 0 Å². The maximum atomic E-state index is 14.3. The lowest BCUT2D eigenvalue weighted by atomic mass is 10.1. The molecule has 1 unspecified atom stereocenters. The van der Waals surface area contributed by atoms with Crippen molar-refractivity contribution in [3.8, 4) is 10.4 Å². The number of fused-ring (bicyclic) bond motifs is 3. The quantitative estimate of drug-likeness (QED) is 0.299. The molecule has 2 aliphatic rings. The molecular formula is C31H28FN5O3S. The normalized spacial score (nSPS) is 16.2. The van der Waals surface area contributed by atoms with Gasteiger partial charge in [-0.2, -0.15) is 0 Å². The number of thiophene rings is 1. The first-order valence-corrected chi connectivity index (χ1v) is 14.3. The van der Waals surface area contributed by atoms with E-state index in [1.165, 1.54) is 17.4 Å². The van der Waals surface area contributed by atoms with Gasteiger partial charge in [0.25, 0.3) is 11.8 Å². The zero-order valence-corrected chi connectivity index (χ0v) is 23.2. The van der Waals surface area contributed by atoms with Crippen LogP contribution in [-0.2, 0) is 11.2 Å². The lowest BCUT2D eigenvalue weighted by molar-refractivity contribution is -0.123. The molecule has 0 aliphatic carbocycles. The van der Waals surface area contributed by atoms with Crippen molar-refractivity contribution in [3.05, 3.63) is 94.2 Å². The second-order valence-electron chi connectivity index (χ2n) is 10.1. The van der Waals surface area contributed by atoms with E-state index in [0.29, 0.717) is 42.2 Å². The topological polar surface area (TPSA) is 103 Å². The van der Waals surface area contributed by atoms with Gasteiger partial charge in [-0.3, -0.25) is 14.4 Å². The first kappa shape index (κ1) is 26.6. The number of halogens is 1. The number of hydrogen-bond donors (Lipinski definition) is 3. The van der Waals surface area contributed by atoms with Crippen LogP contribution in [0, 0.1) is 12.7 Å². The van der Waals surface area contributed by atoms with Crippen LogP contribution in [0.15, 0.2) is 66.7 Å². The maximum absolute atomic E-state index is 14.3. The van der Waals surface area contributed by atoms with E-state index >= 15 is 0 Å². The van der Waals surface area contributed by atoms with E-state index in [-0.39, 0.29) is 35.1 Å². The van der Waals surface area contributed by atoms with Crippen LogP contribution in [0.25, 0.3) is 10.4 Å². The Labute approximate surface area is 240 Å². The first-order chi connectivity index (χ1) is 19.9. The summed E-state index contributed by atoms with van der Waals surface area (Å²) in [5.41, 5.74) is 3.60. The molecule has 3 amide bonds. The number of aryl methyl sites for hydroxylation is 1. The Balaban J connectivity index is 1.26. The van der Waals surface area contributed by atoms with E-state index in [2.05, 4.69) is 20.9 Å². The van der Waals surface area contributed by atoms with Crippen molar-refractivity contribution in [2.24, 2.45) is 0 Å². The van der Waals surface area contributed by atoms with Gasteiger partial charge in [-0.25, -0.2) is 9.37 Å². The maximum Gasteiger partial charge on any atom is 0.276 e. The van der Waals surface area contributed by atoms with Gasteiger partial charge in [-0.1, -0.05) is 36.4 Å². The second-order valence-corrected chi connectivity index (χ2v) is 11.2. The predicted octanol–water partition coefficient (Wildman–Crippen LogP) is 5.40. The van der Waals surface area contributed by atoms with Crippen LogP contribution in [0.4, 0.5) is 21.6 Å². The third-order valence-corrected chi connectivity index (χ3v) is 8.57. The zero-order chi connectivity index (χ0) is 28.5. The van der Waals surface area contributed by atoms with Gasteiger partial charge in [0.15, 0.2) is 0 Å². The minimum absolute atomic E-state index is 0.0699. The van der Waals surface area contributed by atoms with E-state index in [9.17, 15) is 18.8 Å². The molecule has 10 heteroatoms. The average Bonchev–Trinajstić information content (AvgIpc) is 3.34. The number of nitrogens with one attached hydrogen (secondary N) is 3. The highest BCUT2D eigenvalue weighted by molar-refractivity contribution is 7.17. The fourth-order valence-corrected chi connectivity index (χ4v) is 6.38. The highest BCUT2D eigenvalue weighted by Crippen LogP contribution is 2.42.